The Kier molecular flexibility index (Phi) is 4.84. The summed E-state index contributed by atoms with van der Waals surface area (Å²) in [5.41, 5.74) is 3.27. The number of hydrogen-bond acceptors (Lipinski definition) is 3. The second kappa shape index (κ2) is 7.31. The Morgan fingerprint density at radius 1 is 1.25 bits per heavy atom. The van der Waals surface area contributed by atoms with Crippen LogP contribution in [0, 0.1) is 11.3 Å². The highest BCUT2D eigenvalue weighted by Crippen LogP contribution is 2.43. The van der Waals surface area contributed by atoms with Crippen molar-refractivity contribution in [3.05, 3.63) is 47.7 Å². The van der Waals surface area contributed by atoms with E-state index >= 15 is 0 Å². The first-order chi connectivity index (χ1) is 13.5. The molecule has 0 bridgehead atoms. The highest BCUT2D eigenvalue weighted by molar-refractivity contribution is 5.94. The summed E-state index contributed by atoms with van der Waals surface area (Å²) in [5.74, 6) is 0.120. The van der Waals surface area contributed by atoms with E-state index < -0.39 is 6.61 Å². The lowest BCUT2D eigenvalue weighted by molar-refractivity contribution is -0.0497. The van der Waals surface area contributed by atoms with E-state index in [2.05, 4.69) is 40.2 Å². The molecule has 1 aromatic carbocycles. The second-order valence-corrected chi connectivity index (χ2v) is 7.57. The molecule has 1 fully saturated rings. The smallest absolute Gasteiger partial charge is 0.387 e. The Bertz CT molecular complexity index is 993. The van der Waals surface area contributed by atoms with Crippen LogP contribution in [0.25, 0.3) is 16.6 Å². The predicted octanol–water partition coefficient (Wildman–Crippen LogP) is 5.46. The average Bonchev–Trinajstić information content (AvgIpc) is 2.93. The molecule has 1 aliphatic carbocycles. The van der Waals surface area contributed by atoms with Crippen molar-refractivity contribution in [2.24, 2.45) is 0 Å². The van der Waals surface area contributed by atoms with Crippen LogP contribution in [0.1, 0.15) is 50.4 Å². The van der Waals surface area contributed by atoms with Crippen LogP contribution in [0.3, 0.4) is 0 Å². The maximum Gasteiger partial charge on any atom is 0.387 e. The van der Waals surface area contributed by atoms with Gasteiger partial charge in [0.05, 0.1) is 22.5 Å². The van der Waals surface area contributed by atoms with Gasteiger partial charge in [0, 0.05) is 30.1 Å². The van der Waals surface area contributed by atoms with Gasteiger partial charge >= 0.3 is 6.61 Å². The molecule has 0 radical (unpaired) electrons. The SMILES string of the molecule is CC(C)N1CC=CC=C1c1c(C#N)c2ccc(OC(F)F)cc2n1C1CCC1. The molecule has 4 nitrogen and oxygen atoms in total. The molecule has 0 spiro atoms. The first kappa shape index (κ1) is 18.5. The van der Waals surface area contributed by atoms with E-state index in [1.807, 2.05) is 12.2 Å². The fraction of sp³-hybridized carbons (Fsp3) is 0.409. The van der Waals surface area contributed by atoms with Crippen LogP contribution in [0.2, 0.25) is 0 Å². The van der Waals surface area contributed by atoms with Gasteiger partial charge < -0.3 is 14.2 Å². The Labute approximate surface area is 163 Å². The van der Waals surface area contributed by atoms with Gasteiger partial charge in [-0.2, -0.15) is 14.0 Å². The number of halogens is 2. The van der Waals surface area contributed by atoms with E-state index in [1.165, 1.54) is 6.07 Å². The van der Waals surface area contributed by atoms with E-state index in [4.69, 9.17) is 0 Å². The lowest BCUT2D eigenvalue weighted by Gasteiger charge is -2.36. The fourth-order valence-corrected chi connectivity index (χ4v) is 4.09. The summed E-state index contributed by atoms with van der Waals surface area (Å²) in [5, 5.41) is 10.8. The molecule has 28 heavy (non-hydrogen) atoms. The lowest BCUT2D eigenvalue weighted by atomic mass is 9.92. The van der Waals surface area contributed by atoms with Crippen LogP contribution in [0.5, 0.6) is 5.75 Å². The van der Waals surface area contributed by atoms with Crippen molar-refractivity contribution in [3.8, 4) is 11.8 Å². The number of ether oxygens (including phenoxy) is 1. The van der Waals surface area contributed by atoms with Crippen molar-refractivity contribution in [1.82, 2.24) is 9.47 Å². The molecule has 1 aliphatic heterocycles. The van der Waals surface area contributed by atoms with E-state index in [0.29, 0.717) is 5.56 Å². The Hall–Kier alpha value is -2.81. The molecule has 6 heteroatoms. The minimum Gasteiger partial charge on any atom is -0.435 e. The van der Waals surface area contributed by atoms with Gasteiger partial charge in [0.1, 0.15) is 11.8 Å². The highest BCUT2D eigenvalue weighted by Gasteiger charge is 2.31. The van der Waals surface area contributed by atoms with Crippen LogP contribution in [0.4, 0.5) is 8.78 Å². The van der Waals surface area contributed by atoms with Crippen molar-refractivity contribution >= 4 is 16.6 Å². The normalized spacial score (nSPS) is 17.2. The maximum atomic E-state index is 12.7. The van der Waals surface area contributed by atoms with E-state index in [0.717, 1.165) is 48.1 Å². The van der Waals surface area contributed by atoms with E-state index in [9.17, 15) is 14.0 Å². The van der Waals surface area contributed by atoms with Crippen molar-refractivity contribution in [3.63, 3.8) is 0 Å². The third-order valence-corrected chi connectivity index (χ3v) is 5.62. The molecule has 2 aromatic rings. The molecule has 0 amide bonds. The van der Waals surface area contributed by atoms with Gasteiger partial charge in [0.2, 0.25) is 0 Å². The van der Waals surface area contributed by atoms with Crippen LogP contribution in [0.15, 0.2) is 36.4 Å². The Balaban J connectivity index is 1.97. The zero-order valence-corrected chi connectivity index (χ0v) is 16.0. The number of allylic oxidation sites excluding steroid dienone is 2. The third-order valence-electron chi connectivity index (χ3n) is 5.62. The molecule has 2 aliphatic rings. The van der Waals surface area contributed by atoms with Gasteiger partial charge in [0.25, 0.3) is 0 Å². The quantitative estimate of drug-likeness (QED) is 0.688. The number of aromatic nitrogens is 1. The minimum atomic E-state index is -2.87. The van der Waals surface area contributed by atoms with Gasteiger partial charge in [0.15, 0.2) is 0 Å². The van der Waals surface area contributed by atoms with Crippen molar-refractivity contribution < 1.29 is 13.5 Å². The first-order valence-corrected chi connectivity index (χ1v) is 9.68. The molecule has 1 aromatic heterocycles. The first-order valence-electron chi connectivity index (χ1n) is 9.68. The highest BCUT2D eigenvalue weighted by atomic mass is 19.3. The molecule has 4 rings (SSSR count). The number of hydrogen-bond donors (Lipinski definition) is 0. The minimum absolute atomic E-state index is 0.120. The summed E-state index contributed by atoms with van der Waals surface area (Å²) in [6.07, 6.45) is 9.33. The lowest BCUT2D eigenvalue weighted by Crippen LogP contribution is -2.32. The summed E-state index contributed by atoms with van der Waals surface area (Å²) in [4.78, 5) is 2.26. The molecule has 0 unspecified atom stereocenters. The Morgan fingerprint density at radius 2 is 2.04 bits per heavy atom. The van der Waals surface area contributed by atoms with Gasteiger partial charge in [-0.25, -0.2) is 0 Å². The van der Waals surface area contributed by atoms with Crippen LogP contribution >= 0.6 is 0 Å². The average molecular weight is 383 g/mol. The number of nitriles is 1. The molecule has 0 atom stereocenters. The molecule has 146 valence electrons. The van der Waals surface area contributed by atoms with Crippen molar-refractivity contribution in [2.75, 3.05) is 6.54 Å². The van der Waals surface area contributed by atoms with E-state index in [-0.39, 0.29) is 17.8 Å². The summed E-state index contributed by atoms with van der Waals surface area (Å²) in [6.45, 7) is 2.16. The summed E-state index contributed by atoms with van der Waals surface area (Å²) >= 11 is 0. The van der Waals surface area contributed by atoms with Gasteiger partial charge in [-0.1, -0.05) is 12.2 Å². The standard InChI is InChI=1S/C22H23F2N3O/c1-14(2)26-11-4-3-8-19(26)21-18(13-25)17-10-9-16(28-22(23)24)12-20(17)27(21)15-6-5-7-15/h3-4,8-10,12,14-15,22H,5-7,11H2,1-2H3. The zero-order valence-electron chi connectivity index (χ0n) is 16.0. The zero-order chi connectivity index (χ0) is 19.8. The number of alkyl halides is 2. The number of nitrogens with zero attached hydrogens (tertiary/aromatic N) is 3. The molecular weight excluding hydrogens is 360 g/mol. The van der Waals surface area contributed by atoms with Gasteiger partial charge in [-0.3, -0.25) is 0 Å². The van der Waals surface area contributed by atoms with Crippen LogP contribution in [-0.2, 0) is 0 Å². The summed E-state index contributed by atoms with van der Waals surface area (Å²) in [7, 11) is 0. The van der Waals surface area contributed by atoms with Crippen molar-refractivity contribution in [2.45, 2.75) is 51.8 Å². The number of rotatable bonds is 5. The van der Waals surface area contributed by atoms with E-state index in [1.54, 1.807) is 12.1 Å². The molecule has 0 N–H and O–H groups in total. The molecule has 2 heterocycles. The van der Waals surface area contributed by atoms with Crippen molar-refractivity contribution in [1.29, 1.82) is 5.26 Å². The van der Waals surface area contributed by atoms with Crippen LogP contribution < -0.4 is 4.74 Å². The number of fused-ring (bicyclic) bond motifs is 1. The second-order valence-electron chi connectivity index (χ2n) is 7.57. The third kappa shape index (κ3) is 3.05. The summed E-state index contributed by atoms with van der Waals surface area (Å²) in [6, 6.07) is 7.80. The topological polar surface area (TPSA) is 41.2 Å². The van der Waals surface area contributed by atoms with Gasteiger partial charge in [-0.15, -0.1) is 0 Å². The van der Waals surface area contributed by atoms with Gasteiger partial charge in [-0.05, 0) is 51.3 Å². The maximum absolute atomic E-state index is 12.7. The fourth-order valence-electron chi connectivity index (χ4n) is 4.09. The number of benzene rings is 1. The largest absolute Gasteiger partial charge is 0.435 e. The molecular formula is C22H23F2N3O. The predicted molar refractivity (Wildman–Crippen MR) is 105 cm³/mol. The monoisotopic (exact) mass is 383 g/mol. The summed E-state index contributed by atoms with van der Waals surface area (Å²) < 4.78 is 32.3. The Morgan fingerprint density at radius 3 is 2.64 bits per heavy atom. The van der Waals surface area contributed by atoms with Crippen LogP contribution in [-0.4, -0.2) is 28.7 Å². The molecule has 0 saturated heterocycles. The molecule has 1 saturated carbocycles.